The number of carbonyl (C=O) groups excluding carboxylic acids is 1. The Morgan fingerprint density at radius 3 is 2.34 bits per heavy atom. The van der Waals surface area contributed by atoms with Gasteiger partial charge in [0, 0.05) is 49.7 Å². The molecule has 1 aliphatic rings. The molecule has 0 radical (unpaired) electrons. The predicted octanol–water partition coefficient (Wildman–Crippen LogP) is 4.49. The van der Waals surface area contributed by atoms with E-state index in [0.29, 0.717) is 25.4 Å². The molecule has 0 spiro atoms. The highest BCUT2D eigenvalue weighted by atomic mass is 16.2. The van der Waals surface area contributed by atoms with Gasteiger partial charge in [-0.3, -0.25) is 13.9 Å². The number of imidazole rings is 1. The molecule has 5 rings (SSSR count). The molecule has 0 aliphatic carbocycles. The molecule has 0 unspecified atom stereocenters. The fourth-order valence-corrected chi connectivity index (χ4v) is 5.17. The van der Waals surface area contributed by atoms with Crippen LogP contribution in [0, 0.1) is 0 Å². The van der Waals surface area contributed by atoms with Gasteiger partial charge in [-0.25, -0.2) is 4.79 Å². The summed E-state index contributed by atoms with van der Waals surface area (Å²) in [4.78, 5) is 31.2. The van der Waals surface area contributed by atoms with E-state index < -0.39 is 0 Å². The Bertz CT molecular complexity index is 1300. The van der Waals surface area contributed by atoms with Crippen molar-refractivity contribution < 1.29 is 4.79 Å². The number of nitrogens with one attached hydrogen (secondary N) is 1. The molecule has 1 N–H and O–H groups in total. The molecule has 6 nitrogen and oxygen atoms in total. The summed E-state index contributed by atoms with van der Waals surface area (Å²) >= 11 is 0. The second-order valence-electron chi connectivity index (χ2n) is 8.77. The van der Waals surface area contributed by atoms with Crippen molar-refractivity contribution >= 4 is 27.8 Å². The van der Waals surface area contributed by atoms with Gasteiger partial charge in [0.2, 0.25) is 5.91 Å². The first-order valence-electron chi connectivity index (χ1n) is 11.7. The van der Waals surface area contributed by atoms with E-state index in [4.69, 9.17) is 0 Å². The van der Waals surface area contributed by atoms with Crippen LogP contribution in [0.5, 0.6) is 0 Å². The van der Waals surface area contributed by atoms with E-state index in [1.165, 1.54) is 16.5 Å². The number of piperidine rings is 1. The maximum absolute atomic E-state index is 13.0. The van der Waals surface area contributed by atoms with E-state index in [9.17, 15) is 9.59 Å². The first kappa shape index (κ1) is 20.6. The highest BCUT2D eigenvalue weighted by molar-refractivity contribution is 5.84. The zero-order valence-electron chi connectivity index (χ0n) is 18.6. The summed E-state index contributed by atoms with van der Waals surface area (Å²) < 4.78 is 3.59. The third-order valence-corrected chi connectivity index (χ3v) is 6.83. The van der Waals surface area contributed by atoms with Gasteiger partial charge in [-0.2, -0.15) is 0 Å². The average Bonchev–Trinajstić information content (AvgIpc) is 3.37. The summed E-state index contributed by atoms with van der Waals surface area (Å²) in [6.45, 7) is 4.74. The van der Waals surface area contributed by atoms with Crippen molar-refractivity contribution in [3.05, 3.63) is 70.8 Å². The van der Waals surface area contributed by atoms with Gasteiger partial charge < -0.3 is 9.88 Å². The Hall–Kier alpha value is -3.28. The maximum atomic E-state index is 13.0. The molecule has 0 atom stereocenters. The number of likely N-dealkylation sites (tertiary alicyclic amines) is 1. The minimum Gasteiger partial charge on any atom is -0.361 e. The number of amides is 1. The Kier molecular flexibility index (Phi) is 5.60. The highest BCUT2D eigenvalue weighted by Crippen LogP contribution is 2.33. The molecule has 32 heavy (non-hydrogen) atoms. The Labute approximate surface area is 187 Å². The van der Waals surface area contributed by atoms with Crippen molar-refractivity contribution in [3.63, 3.8) is 0 Å². The predicted molar refractivity (Wildman–Crippen MR) is 128 cm³/mol. The van der Waals surface area contributed by atoms with E-state index in [-0.39, 0.29) is 11.6 Å². The molecule has 4 aromatic rings. The van der Waals surface area contributed by atoms with Crippen LogP contribution in [0.1, 0.15) is 44.1 Å². The molecule has 3 heterocycles. The van der Waals surface area contributed by atoms with Gasteiger partial charge >= 0.3 is 5.69 Å². The molecular weight excluding hydrogens is 400 g/mol. The summed E-state index contributed by atoms with van der Waals surface area (Å²) in [6.07, 6.45) is 5.34. The lowest BCUT2D eigenvalue weighted by molar-refractivity contribution is -0.132. The van der Waals surface area contributed by atoms with Crippen molar-refractivity contribution in [1.29, 1.82) is 0 Å². The first-order chi connectivity index (χ1) is 15.7. The smallest absolute Gasteiger partial charge is 0.329 e. The summed E-state index contributed by atoms with van der Waals surface area (Å²) in [5, 5.41) is 1.29. The van der Waals surface area contributed by atoms with Crippen LogP contribution in [0.4, 0.5) is 0 Å². The summed E-state index contributed by atoms with van der Waals surface area (Å²) in [5.41, 5.74) is 4.39. The third-order valence-electron chi connectivity index (χ3n) is 6.83. The summed E-state index contributed by atoms with van der Waals surface area (Å²) in [5.74, 6) is 0.617. The molecule has 6 heteroatoms. The first-order valence-corrected chi connectivity index (χ1v) is 11.7. The van der Waals surface area contributed by atoms with Crippen molar-refractivity contribution in [2.45, 2.75) is 51.6 Å². The normalized spacial score (nSPS) is 15.1. The number of rotatable bonds is 6. The summed E-state index contributed by atoms with van der Waals surface area (Å²) in [6, 6.07) is 16.3. The number of benzene rings is 2. The minimum atomic E-state index is -0.0149. The molecule has 2 aromatic heterocycles. The van der Waals surface area contributed by atoms with E-state index in [0.717, 1.165) is 43.4 Å². The van der Waals surface area contributed by atoms with Gasteiger partial charge in [-0.05, 0) is 48.9 Å². The number of nitrogens with zero attached hydrogens (tertiary/aromatic N) is 3. The lowest BCUT2D eigenvalue weighted by Gasteiger charge is -2.32. The largest absolute Gasteiger partial charge is 0.361 e. The monoisotopic (exact) mass is 430 g/mol. The van der Waals surface area contributed by atoms with E-state index >= 15 is 0 Å². The van der Waals surface area contributed by atoms with E-state index in [1.54, 1.807) is 4.57 Å². The van der Waals surface area contributed by atoms with Crippen LogP contribution in [0.15, 0.2) is 59.5 Å². The minimum absolute atomic E-state index is 0.0149. The Morgan fingerprint density at radius 1 is 0.969 bits per heavy atom. The molecule has 0 saturated carbocycles. The Balaban J connectivity index is 1.24. The molecule has 166 valence electrons. The third kappa shape index (κ3) is 3.64. The molecule has 0 bridgehead atoms. The van der Waals surface area contributed by atoms with Gasteiger partial charge in [0.1, 0.15) is 0 Å². The maximum Gasteiger partial charge on any atom is 0.329 e. The van der Waals surface area contributed by atoms with Crippen LogP contribution in [0.25, 0.3) is 21.9 Å². The fourth-order valence-electron chi connectivity index (χ4n) is 5.17. The number of aromatic amines is 1. The molecule has 1 aliphatic heterocycles. The summed E-state index contributed by atoms with van der Waals surface area (Å²) in [7, 11) is 0. The van der Waals surface area contributed by atoms with Crippen LogP contribution in [-0.4, -0.2) is 38.0 Å². The van der Waals surface area contributed by atoms with Gasteiger partial charge in [-0.15, -0.1) is 0 Å². The zero-order valence-corrected chi connectivity index (χ0v) is 18.6. The van der Waals surface area contributed by atoms with Gasteiger partial charge in [0.25, 0.3) is 0 Å². The van der Waals surface area contributed by atoms with Crippen molar-refractivity contribution in [3.8, 4) is 0 Å². The number of hydrogen-bond acceptors (Lipinski definition) is 2. The van der Waals surface area contributed by atoms with Crippen LogP contribution in [0.2, 0.25) is 0 Å². The van der Waals surface area contributed by atoms with Crippen LogP contribution < -0.4 is 5.69 Å². The molecule has 1 fully saturated rings. The second-order valence-corrected chi connectivity index (χ2v) is 8.77. The zero-order chi connectivity index (χ0) is 22.1. The fraction of sp³-hybridized carbons (Fsp3) is 0.385. The topological polar surface area (TPSA) is 63.0 Å². The van der Waals surface area contributed by atoms with Crippen molar-refractivity contribution in [2.75, 3.05) is 13.1 Å². The lowest BCUT2D eigenvalue weighted by atomic mass is 9.89. The van der Waals surface area contributed by atoms with Gasteiger partial charge in [0.15, 0.2) is 0 Å². The van der Waals surface area contributed by atoms with Crippen molar-refractivity contribution in [1.82, 2.24) is 19.0 Å². The molecule has 1 saturated heterocycles. The number of aryl methyl sites for hydroxylation is 2. The van der Waals surface area contributed by atoms with Crippen molar-refractivity contribution in [2.24, 2.45) is 0 Å². The van der Waals surface area contributed by atoms with Gasteiger partial charge in [-0.1, -0.05) is 37.3 Å². The number of fused-ring (bicyclic) bond motifs is 2. The number of carbonyl (C=O) groups is 1. The number of aromatic nitrogens is 3. The van der Waals surface area contributed by atoms with Crippen LogP contribution in [0.3, 0.4) is 0 Å². The van der Waals surface area contributed by atoms with E-state index in [1.807, 2.05) is 33.7 Å². The second kappa shape index (κ2) is 8.69. The van der Waals surface area contributed by atoms with Crippen LogP contribution >= 0.6 is 0 Å². The number of H-pyrrole nitrogens is 1. The number of hydrogen-bond donors (Lipinski definition) is 1. The SMILES string of the molecule is CCCn1c(=O)n(CCC(=O)N2CCC(c3c[nH]c4ccccc34)CC2)c2ccccc21. The highest BCUT2D eigenvalue weighted by Gasteiger charge is 2.25. The molecule has 2 aromatic carbocycles. The quantitative estimate of drug-likeness (QED) is 0.490. The molecule has 1 amide bonds. The van der Waals surface area contributed by atoms with Gasteiger partial charge in [0.05, 0.1) is 11.0 Å². The molecular formula is C26H30N4O2. The lowest BCUT2D eigenvalue weighted by Crippen LogP contribution is -2.38. The number of para-hydroxylation sites is 3. The standard InChI is InChI=1S/C26H30N4O2/c1-2-14-29-23-9-5-6-10-24(23)30(26(29)32)17-13-25(31)28-15-11-19(12-16-28)21-18-27-22-8-4-3-7-20(21)22/h3-10,18-19,27H,2,11-17H2,1H3. The Morgan fingerprint density at radius 2 is 1.62 bits per heavy atom. The van der Waals surface area contributed by atoms with Crippen LogP contribution in [-0.2, 0) is 17.9 Å². The van der Waals surface area contributed by atoms with E-state index in [2.05, 4.69) is 42.4 Å². The average molecular weight is 431 g/mol.